The fourth-order valence-corrected chi connectivity index (χ4v) is 5.70. The summed E-state index contributed by atoms with van der Waals surface area (Å²) in [5, 5.41) is 20.1. The van der Waals surface area contributed by atoms with Crippen LogP contribution in [0.4, 0.5) is 0 Å². The fourth-order valence-electron chi connectivity index (χ4n) is 3.23. The van der Waals surface area contributed by atoms with E-state index in [1.54, 1.807) is 6.07 Å². The third kappa shape index (κ3) is 3.54. The van der Waals surface area contributed by atoms with Gasteiger partial charge in [-0.15, -0.1) is 0 Å². The Morgan fingerprint density at radius 3 is 2.00 bits per heavy atom. The van der Waals surface area contributed by atoms with Crippen LogP contribution in [0.25, 0.3) is 0 Å². The van der Waals surface area contributed by atoms with Crippen molar-refractivity contribution in [2.24, 2.45) is 0 Å². The van der Waals surface area contributed by atoms with Gasteiger partial charge in [-0.25, -0.2) is 0 Å². The van der Waals surface area contributed by atoms with Gasteiger partial charge in [0.1, 0.15) is 0 Å². The number of hydrogen-bond donors (Lipinski definition) is 3. The number of phenols is 2. The molecule has 29 heavy (non-hydrogen) atoms. The highest BCUT2D eigenvalue weighted by Crippen LogP contribution is 2.54. The van der Waals surface area contributed by atoms with E-state index < -0.39 is 31.9 Å². The zero-order valence-electron chi connectivity index (χ0n) is 14.3. The summed E-state index contributed by atoms with van der Waals surface area (Å²) in [7, 11) is -5.16. The van der Waals surface area contributed by atoms with Crippen molar-refractivity contribution in [3.63, 3.8) is 0 Å². The minimum absolute atomic E-state index is 0.0227. The zero-order chi connectivity index (χ0) is 21.6. The molecule has 0 aromatic heterocycles. The van der Waals surface area contributed by atoms with Gasteiger partial charge in [0.15, 0.2) is 16.2 Å². The molecular formula is C19H12Cl4O5S. The van der Waals surface area contributed by atoms with E-state index in [9.17, 15) is 23.2 Å². The Kier molecular flexibility index (Phi) is 5.98. The second-order valence-electron chi connectivity index (χ2n) is 6.06. The normalized spacial score (nSPS) is 13.8. The van der Waals surface area contributed by atoms with Crippen LogP contribution in [0, 0.1) is 0 Å². The highest BCUT2D eigenvalue weighted by atomic mass is 35.5. The minimum atomic E-state index is -5.16. The van der Waals surface area contributed by atoms with Crippen molar-refractivity contribution >= 4 is 56.5 Å². The predicted octanol–water partition coefficient (Wildman–Crippen LogP) is 5.89. The maximum Gasteiger partial charge on any atom is 0.283 e. The molecule has 3 aromatic carbocycles. The van der Waals surface area contributed by atoms with Gasteiger partial charge in [0.05, 0.1) is 10.0 Å². The van der Waals surface area contributed by atoms with E-state index in [-0.39, 0.29) is 31.2 Å². The molecule has 1 atom stereocenters. The second kappa shape index (κ2) is 7.87. The van der Waals surface area contributed by atoms with Gasteiger partial charge in [-0.1, -0.05) is 76.7 Å². The maximum absolute atomic E-state index is 13.0. The van der Waals surface area contributed by atoms with Crippen LogP contribution >= 0.6 is 46.4 Å². The van der Waals surface area contributed by atoms with Crippen molar-refractivity contribution in [3.05, 3.63) is 91.4 Å². The van der Waals surface area contributed by atoms with Gasteiger partial charge >= 0.3 is 0 Å². The number of aromatic hydroxyl groups is 2. The molecule has 0 fully saturated rings. The first-order valence-electron chi connectivity index (χ1n) is 7.90. The van der Waals surface area contributed by atoms with Crippen molar-refractivity contribution in [2.45, 2.75) is 4.75 Å². The summed E-state index contributed by atoms with van der Waals surface area (Å²) in [6.07, 6.45) is 0. The van der Waals surface area contributed by atoms with Crippen LogP contribution in [0.2, 0.25) is 20.1 Å². The number of rotatable bonds is 4. The summed E-state index contributed by atoms with van der Waals surface area (Å²) in [5.74, 6) is -1.53. The quantitative estimate of drug-likeness (QED) is 0.182. The van der Waals surface area contributed by atoms with Gasteiger partial charge in [-0.3, -0.25) is 4.55 Å². The van der Waals surface area contributed by atoms with Gasteiger partial charge in [0.25, 0.3) is 10.1 Å². The zero-order valence-corrected chi connectivity index (χ0v) is 18.1. The van der Waals surface area contributed by atoms with Crippen LogP contribution in [-0.2, 0) is 14.9 Å². The molecule has 10 heteroatoms. The lowest BCUT2D eigenvalue weighted by molar-refractivity contribution is 0.394. The number of halogens is 4. The average Bonchev–Trinajstić information content (AvgIpc) is 2.65. The largest absolute Gasteiger partial charge is 0.504 e. The van der Waals surface area contributed by atoms with Crippen LogP contribution in [0.3, 0.4) is 0 Å². The van der Waals surface area contributed by atoms with Gasteiger partial charge in [0.2, 0.25) is 0 Å². The van der Waals surface area contributed by atoms with Gasteiger partial charge in [-0.05, 0) is 23.8 Å². The van der Waals surface area contributed by atoms with E-state index in [2.05, 4.69) is 0 Å². The molecule has 3 N–H and O–H groups in total. The summed E-state index contributed by atoms with van der Waals surface area (Å²) in [6.45, 7) is 0. The van der Waals surface area contributed by atoms with Crippen LogP contribution in [0.15, 0.2) is 54.6 Å². The molecule has 1 unspecified atom stereocenters. The monoisotopic (exact) mass is 492 g/mol. The Bertz CT molecular complexity index is 1200. The molecule has 3 rings (SSSR count). The minimum Gasteiger partial charge on any atom is -0.504 e. The molecule has 0 aliphatic carbocycles. The standard InChI is InChI=1S/C19H12Cl4O5S/c20-11-8-12(18(25)15(24)9-11)19(29(26,27)28,10-4-2-1-3-5-10)16-13(21)6-7-14(22)17(16)23/h1-9,24-25H,(H,26,27,28). The molecule has 0 amide bonds. The lowest BCUT2D eigenvalue weighted by Crippen LogP contribution is -2.39. The van der Waals surface area contributed by atoms with E-state index >= 15 is 0 Å². The van der Waals surface area contributed by atoms with E-state index in [1.807, 2.05) is 0 Å². The number of hydrogen-bond acceptors (Lipinski definition) is 4. The molecule has 5 nitrogen and oxygen atoms in total. The lowest BCUT2D eigenvalue weighted by atomic mass is 9.83. The van der Waals surface area contributed by atoms with Crippen LogP contribution < -0.4 is 0 Å². The molecule has 0 heterocycles. The molecule has 3 aromatic rings. The molecule has 0 aliphatic rings. The van der Waals surface area contributed by atoms with Crippen molar-refractivity contribution < 1.29 is 23.2 Å². The van der Waals surface area contributed by atoms with Crippen molar-refractivity contribution in [1.82, 2.24) is 0 Å². The van der Waals surface area contributed by atoms with E-state index in [0.29, 0.717) is 0 Å². The molecule has 0 aliphatic heterocycles. The molecule has 0 saturated carbocycles. The Hall–Kier alpha value is -1.67. The second-order valence-corrected chi connectivity index (χ2v) is 9.25. The van der Waals surface area contributed by atoms with Crippen LogP contribution in [0.5, 0.6) is 11.5 Å². The van der Waals surface area contributed by atoms with E-state index in [4.69, 9.17) is 46.4 Å². The summed E-state index contributed by atoms with van der Waals surface area (Å²) in [4.78, 5) is 0. The molecular weight excluding hydrogens is 482 g/mol. The Morgan fingerprint density at radius 2 is 1.41 bits per heavy atom. The lowest BCUT2D eigenvalue weighted by Gasteiger charge is -2.34. The molecule has 0 spiro atoms. The third-order valence-electron chi connectivity index (χ3n) is 4.40. The summed E-state index contributed by atoms with van der Waals surface area (Å²) >= 11 is 24.8. The Balaban J connectivity index is 2.69. The van der Waals surface area contributed by atoms with Crippen molar-refractivity contribution in [2.75, 3.05) is 0 Å². The van der Waals surface area contributed by atoms with Gasteiger partial charge in [0, 0.05) is 27.2 Å². The Morgan fingerprint density at radius 1 is 0.828 bits per heavy atom. The van der Waals surface area contributed by atoms with Crippen molar-refractivity contribution in [3.8, 4) is 11.5 Å². The third-order valence-corrected chi connectivity index (χ3v) is 7.17. The SMILES string of the molecule is O=S(=O)(O)C(c1ccccc1)(c1cc(Cl)cc(O)c1O)c1c(Cl)ccc(Cl)c1Cl. The van der Waals surface area contributed by atoms with E-state index in [1.165, 1.54) is 36.4 Å². The average molecular weight is 494 g/mol. The predicted molar refractivity (Wildman–Crippen MR) is 114 cm³/mol. The topological polar surface area (TPSA) is 94.8 Å². The molecule has 0 bridgehead atoms. The van der Waals surface area contributed by atoms with E-state index in [0.717, 1.165) is 12.1 Å². The van der Waals surface area contributed by atoms with Crippen LogP contribution in [-0.4, -0.2) is 23.2 Å². The first-order valence-corrected chi connectivity index (χ1v) is 10.9. The summed E-state index contributed by atoms with van der Waals surface area (Å²) in [6, 6.07) is 12.2. The maximum atomic E-state index is 13.0. The fraction of sp³-hybridized carbons (Fsp3) is 0.0526. The number of phenolic OH excluding ortho intramolecular Hbond substituents is 2. The molecule has 0 saturated heterocycles. The summed E-state index contributed by atoms with van der Waals surface area (Å²) < 4.78 is 34.0. The first-order chi connectivity index (χ1) is 13.5. The highest BCUT2D eigenvalue weighted by molar-refractivity contribution is 7.87. The molecule has 152 valence electrons. The van der Waals surface area contributed by atoms with Crippen molar-refractivity contribution in [1.29, 1.82) is 0 Å². The van der Waals surface area contributed by atoms with Crippen LogP contribution in [0.1, 0.15) is 16.7 Å². The first kappa shape index (κ1) is 22.0. The smallest absolute Gasteiger partial charge is 0.283 e. The Labute approximate surface area is 186 Å². The van der Waals surface area contributed by atoms with Gasteiger partial charge in [-0.2, -0.15) is 8.42 Å². The summed E-state index contributed by atoms with van der Waals surface area (Å²) in [5.41, 5.74) is -0.785. The highest BCUT2D eigenvalue weighted by Gasteiger charge is 2.53. The van der Waals surface area contributed by atoms with Gasteiger partial charge < -0.3 is 10.2 Å². The number of benzene rings is 3. The molecule has 0 radical (unpaired) electrons.